The molecule has 6 heteroatoms. The number of rotatable bonds is 5. The lowest BCUT2D eigenvalue weighted by atomic mass is 10.3. The fourth-order valence-electron chi connectivity index (χ4n) is 0.818. The standard InChI is InChI=1S/C9H14F3NO2/c1-3-4-5-6-13(2)8(14)15-7-9(10,11)12/h3H,1,4-7H2,2H3. The fourth-order valence-corrected chi connectivity index (χ4v) is 0.818. The normalized spacial score (nSPS) is 10.9. The van der Waals surface area contributed by atoms with E-state index in [4.69, 9.17) is 0 Å². The molecule has 0 aromatic rings. The predicted octanol–water partition coefficient (Wildman–Crippen LogP) is 2.58. The van der Waals surface area contributed by atoms with E-state index >= 15 is 0 Å². The Morgan fingerprint density at radius 2 is 2.13 bits per heavy atom. The lowest BCUT2D eigenvalue weighted by Crippen LogP contribution is -2.31. The number of hydrogen-bond donors (Lipinski definition) is 0. The van der Waals surface area contributed by atoms with Gasteiger partial charge in [-0.25, -0.2) is 4.79 Å². The average Bonchev–Trinajstić information content (AvgIpc) is 2.13. The second kappa shape index (κ2) is 6.31. The summed E-state index contributed by atoms with van der Waals surface area (Å²) >= 11 is 0. The first kappa shape index (κ1) is 13.8. The van der Waals surface area contributed by atoms with E-state index in [-0.39, 0.29) is 0 Å². The molecular formula is C9H14F3NO2. The van der Waals surface area contributed by atoms with Crippen molar-refractivity contribution in [3.63, 3.8) is 0 Å². The number of allylic oxidation sites excluding steroid dienone is 1. The molecule has 0 atom stereocenters. The van der Waals surface area contributed by atoms with E-state index in [0.29, 0.717) is 19.4 Å². The minimum absolute atomic E-state index is 0.350. The maximum Gasteiger partial charge on any atom is 0.422 e. The molecule has 0 rings (SSSR count). The minimum atomic E-state index is -4.47. The van der Waals surface area contributed by atoms with Crippen LogP contribution in [0.3, 0.4) is 0 Å². The zero-order valence-electron chi connectivity index (χ0n) is 8.51. The summed E-state index contributed by atoms with van der Waals surface area (Å²) in [7, 11) is 1.39. The number of amides is 1. The Morgan fingerprint density at radius 3 is 2.60 bits per heavy atom. The maximum atomic E-state index is 11.7. The zero-order valence-corrected chi connectivity index (χ0v) is 8.51. The van der Waals surface area contributed by atoms with Crippen LogP contribution in [0.15, 0.2) is 12.7 Å². The Balaban J connectivity index is 3.74. The van der Waals surface area contributed by atoms with E-state index in [1.807, 2.05) is 0 Å². The summed E-state index contributed by atoms with van der Waals surface area (Å²) in [6, 6.07) is 0. The molecule has 0 spiro atoms. The molecule has 0 aliphatic heterocycles. The molecule has 0 aromatic carbocycles. The molecule has 88 valence electrons. The highest BCUT2D eigenvalue weighted by Gasteiger charge is 2.30. The number of carbonyl (C=O) groups is 1. The second-order valence-corrected chi connectivity index (χ2v) is 3.02. The molecule has 15 heavy (non-hydrogen) atoms. The van der Waals surface area contributed by atoms with Gasteiger partial charge in [0.1, 0.15) is 0 Å². The highest BCUT2D eigenvalue weighted by Crippen LogP contribution is 2.14. The molecule has 0 saturated heterocycles. The smallest absolute Gasteiger partial charge is 0.422 e. The van der Waals surface area contributed by atoms with Crippen molar-refractivity contribution in [2.75, 3.05) is 20.2 Å². The quantitative estimate of drug-likeness (QED) is 0.531. The summed E-state index contributed by atoms with van der Waals surface area (Å²) in [5.74, 6) is 0. The van der Waals surface area contributed by atoms with Crippen LogP contribution < -0.4 is 0 Å². The molecule has 3 nitrogen and oxygen atoms in total. The molecule has 0 saturated carbocycles. The summed E-state index contributed by atoms with van der Waals surface area (Å²) in [6.07, 6.45) is -2.40. The summed E-state index contributed by atoms with van der Waals surface area (Å²) < 4.78 is 39.1. The van der Waals surface area contributed by atoms with E-state index in [9.17, 15) is 18.0 Å². The van der Waals surface area contributed by atoms with Crippen LogP contribution in [0.5, 0.6) is 0 Å². The molecule has 0 unspecified atom stereocenters. The van der Waals surface area contributed by atoms with E-state index in [2.05, 4.69) is 11.3 Å². The molecule has 0 aromatic heterocycles. The molecule has 0 heterocycles. The maximum absolute atomic E-state index is 11.7. The van der Waals surface area contributed by atoms with Crippen LogP contribution in [0, 0.1) is 0 Å². The SMILES string of the molecule is C=CCCCN(C)C(=O)OCC(F)(F)F. The van der Waals surface area contributed by atoms with E-state index in [1.165, 1.54) is 7.05 Å². The third kappa shape index (κ3) is 7.84. The van der Waals surface area contributed by atoms with E-state index in [1.54, 1.807) is 6.08 Å². The van der Waals surface area contributed by atoms with Gasteiger partial charge in [0.2, 0.25) is 0 Å². The highest BCUT2D eigenvalue weighted by molar-refractivity contribution is 5.67. The van der Waals surface area contributed by atoms with Gasteiger partial charge in [-0.15, -0.1) is 6.58 Å². The lowest BCUT2D eigenvalue weighted by Gasteiger charge is -2.17. The van der Waals surface area contributed by atoms with Crippen LogP contribution in [0.1, 0.15) is 12.8 Å². The van der Waals surface area contributed by atoms with Gasteiger partial charge in [0.15, 0.2) is 6.61 Å². The third-order valence-electron chi connectivity index (χ3n) is 1.57. The van der Waals surface area contributed by atoms with Crippen molar-refractivity contribution in [2.45, 2.75) is 19.0 Å². The second-order valence-electron chi connectivity index (χ2n) is 3.02. The van der Waals surface area contributed by atoms with Gasteiger partial charge < -0.3 is 9.64 Å². The summed E-state index contributed by atoms with van der Waals surface area (Å²) in [5.41, 5.74) is 0. The predicted molar refractivity (Wildman–Crippen MR) is 49.5 cm³/mol. The molecule has 0 fully saturated rings. The number of nitrogens with zero attached hydrogens (tertiary/aromatic N) is 1. The van der Waals surface area contributed by atoms with E-state index < -0.39 is 18.9 Å². The van der Waals surface area contributed by atoms with Gasteiger partial charge in [-0.2, -0.15) is 13.2 Å². The Hall–Kier alpha value is -1.20. The first-order chi connectivity index (χ1) is 6.87. The van der Waals surface area contributed by atoms with Gasteiger partial charge in [0.05, 0.1) is 0 Å². The Kier molecular flexibility index (Phi) is 5.81. The third-order valence-corrected chi connectivity index (χ3v) is 1.57. The fraction of sp³-hybridized carbons (Fsp3) is 0.667. The zero-order chi connectivity index (χ0) is 11.9. The summed E-state index contributed by atoms with van der Waals surface area (Å²) in [4.78, 5) is 12.1. The highest BCUT2D eigenvalue weighted by atomic mass is 19.4. The van der Waals surface area contributed by atoms with Crippen molar-refractivity contribution in [3.8, 4) is 0 Å². The van der Waals surface area contributed by atoms with Gasteiger partial charge in [-0.3, -0.25) is 0 Å². The van der Waals surface area contributed by atoms with Crippen molar-refractivity contribution in [1.82, 2.24) is 4.90 Å². The van der Waals surface area contributed by atoms with Gasteiger partial charge >= 0.3 is 12.3 Å². The molecule has 0 aliphatic rings. The average molecular weight is 225 g/mol. The monoisotopic (exact) mass is 225 g/mol. The van der Waals surface area contributed by atoms with Crippen molar-refractivity contribution >= 4 is 6.09 Å². The van der Waals surface area contributed by atoms with Crippen LogP contribution in [-0.4, -0.2) is 37.4 Å². The molecule has 0 N–H and O–H groups in total. The Labute approximate surface area is 86.5 Å². The lowest BCUT2D eigenvalue weighted by molar-refractivity contribution is -0.162. The first-order valence-electron chi connectivity index (χ1n) is 4.42. The van der Waals surface area contributed by atoms with Crippen molar-refractivity contribution in [3.05, 3.63) is 12.7 Å². The van der Waals surface area contributed by atoms with Crippen molar-refractivity contribution in [1.29, 1.82) is 0 Å². The van der Waals surface area contributed by atoms with Crippen LogP contribution in [0.4, 0.5) is 18.0 Å². The van der Waals surface area contributed by atoms with Crippen LogP contribution >= 0.6 is 0 Å². The Morgan fingerprint density at radius 1 is 1.53 bits per heavy atom. The number of unbranched alkanes of at least 4 members (excludes halogenated alkanes) is 1. The molecule has 0 bridgehead atoms. The molecule has 0 aliphatic carbocycles. The van der Waals surface area contributed by atoms with Crippen LogP contribution in [0.25, 0.3) is 0 Å². The number of ether oxygens (including phenoxy) is 1. The summed E-state index contributed by atoms with van der Waals surface area (Å²) in [6.45, 7) is 2.29. The van der Waals surface area contributed by atoms with Crippen LogP contribution in [0.2, 0.25) is 0 Å². The largest absolute Gasteiger partial charge is 0.440 e. The molecule has 1 amide bonds. The van der Waals surface area contributed by atoms with Gasteiger partial charge in [0, 0.05) is 13.6 Å². The molecule has 0 radical (unpaired) electrons. The number of alkyl halides is 3. The van der Waals surface area contributed by atoms with Gasteiger partial charge in [0.25, 0.3) is 0 Å². The van der Waals surface area contributed by atoms with Crippen molar-refractivity contribution < 1.29 is 22.7 Å². The Bertz CT molecular complexity index is 216. The topological polar surface area (TPSA) is 29.5 Å². The number of halogens is 3. The van der Waals surface area contributed by atoms with E-state index in [0.717, 1.165) is 4.90 Å². The number of carbonyl (C=O) groups excluding carboxylic acids is 1. The minimum Gasteiger partial charge on any atom is -0.440 e. The molecular weight excluding hydrogens is 211 g/mol. The van der Waals surface area contributed by atoms with Gasteiger partial charge in [-0.05, 0) is 12.8 Å². The number of hydrogen-bond acceptors (Lipinski definition) is 2. The van der Waals surface area contributed by atoms with Crippen molar-refractivity contribution in [2.24, 2.45) is 0 Å². The summed E-state index contributed by atoms with van der Waals surface area (Å²) in [5, 5.41) is 0. The van der Waals surface area contributed by atoms with Crippen LogP contribution in [-0.2, 0) is 4.74 Å². The first-order valence-corrected chi connectivity index (χ1v) is 4.42. The van der Waals surface area contributed by atoms with Gasteiger partial charge in [-0.1, -0.05) is 6.08 Å².